The molecule has 3 unspecified atom stereocenters. The van der Waals surface area contributed by atoms with Crippen molar-refractivity contribution in [2.45, 2.75) is 61.3 Å². The molecule has 3 saturated heterocycles. The molecule has 5 rings (SSSR count). The Balaban J connectivity index is 1.50. The van der Waals surface area contributed by atoms with Crippen molar-refractivity contribution in [1.29, 1.82) is 0 Å². The van der Waals surface area contributed by atoms with Gasteiger partial charge in [-0.1, -0.05) is 89.9 Å². The Morgan fingerprint density at radius 3 is 2.45 bits per heavy atom. The van der Waals surface area contributed by atoms with Crippen LogP contribution in [0, 0.1) is 11.8 Å². The average molecular weight is 585 g/mol. The van der Waals surface area contributed by atoms with Gasteiger partial charge in [-0.2, -0.15) is 0 Å². The summed E-state index contributed by atoms with van der Waals surface area (Å²) in [6, 6.07) is 17.1. The van der Waals surface area contributed by atoms with Gasteiger partial charge in [0.1, 0.15) is 11.6 Å². The molecule has 3 amide bonds. The van der Waals surface area contributed by atoms with E-state index in [0.717, 1.165) is 24.0 Å². The second-order valence-electron chi connectivity index (χ2n) is 10.4. The second kappa shape index (κ2) is 11.2. The summed E-state index contributed by atoms with van der Waals surface area (Å²) in [7, 11) is 0. The lowest BCUT2D eigenvalue weighted by molar-refractivity contribution is -0.145. The van der Waals surface area contributed by atoms with Crippen molar-refractivity contribution in [3.63, 3.8) is 0 Å². The molecule has 2 aromatic rings. The Kier molecular flexibility index (Phi) is 7.88. The Labute approximate surface area is 231 Å². The number of likely N-dealkylation sites (tertiary alicyclic amines) is 1. The summed E-state index contributed by atoms with van der Waals surface area (Å²) in [5, 5.41) is 16.5. The number of alkyl halides is 1. The van der Waals surface area contributed by atoms with Crippen LogP contribution in [0.5, 0.6) is 0 Å². The zero-order chi connectivity index (χ0) is 26.9. The van der Waals surface area contributed by atoms with E-state index in [-0.39, 0.29) is 29.2 Å². The van der Waals surface area contributed by atoms with Gasteiger partial charge in [0, 0.05) is 17.9 Å². The maximum Gasteiger partial charge on any atom is 0.245 e. The third kappa shape index (κ3) is 4.54. The van der Waals surface area contributed by atoms with Gasteiger partial charge in [-0.3, -0.25) is 14.4 Å². The van der Waals surface area contributed by atoms with Crippen LogP contribution in [0.3, 0.4) is 0 Å². The van der Waals surface area contributed by atoms with Gasteiger partial charge in [-0.15, -0.1) is 0 Å². The van der Waals surface area contributed by atoms with Crippen molar-refractivity contribution < 1.29 is 24.2 Å². The van der Waals surface area contributed by atoms with E-state index >= 15 is 0 Å². The number of halogens is 1. The van der Waals surface area contributed by atoms with Gasteiger partial charge in [0.15, 0.2) is 0 Å². The van der Waals surface area contributed by atoms with Gasteiger partial charge < -0.3 is 25.4 Å². The lowest BCUT2D eigenvalue weighted by atomic mass is 9.70. The smallest absolute Gasteiger partial charge is 0.245 e. The number of rotatable bonds is 10. The minimum Gasteiger partial charge on any atom is -0.394 e. The maximum absolute atomic E-state index is 14.2. The van der Waals surface area contributed by atoms with Crippen molar-refractivity contribution in [1.82, 2.24) is 15.5 Å². The molecular formula is C29H34BrN3O5. The standard InChI is InChI=1S/C29H34BrN3O5/c1-2-3-14-31-27(36)25-29-15-20(30)24(38-29)22(26(35)32-16-18-10-6-4-7-11-18)23(29)28(37)33(25)21(17-34)19-12-8-5-9-13-19/h4-13,20-25,34H,2-3,14-17H2,1H3,(H,31,36)(H,32,35)/t20?,21-,22-,23+,24-,25?,29?/m1/s1. The highest BCUT2D eigenvalue weighted by atomic mass is 79.9. The maximum atomic E-state index is 14.2. The minimum absolute atomic E-state index is 0.186. The van der Waals surface area contributed by atoms with E-state index in [2.05, 4.69) is 26.6 Å². The Hall–Kier alpha value is -2.75. The number of carbonyl (C=O) groups is 3. The highest BCUT2D eigenvalue weighted by molar-refractivity contribution is 9.09. The third-order valence-corrected chi connectivity index (χ3v) is 8.96. The van der Waals surface area contributed by atoms with Crippen LogP contribution in [0.15, 0.2) is 60.7 Å². The number of amides is 3. The van der Waals surface area contributed by atoms with Gasteiger partial charge >= 0.3 is 0 Å². The molecule has 7 atom stereocenters. The molecule has 3 aliphatic heterocycles. The Bertz CT molecular complexity index is 1170. The molecule has 0 radical (unpaired) electrons. The number of hydrogen-bond acceptors (Lipinski definition) is 5. The monoisotopic (exact) mass is 583 g/mol. The predicted octanol–water partition coefficient (Wildman–Crippen LogP) is 2.70. The molecule has 38 heavy (non-hydrogen) atoms. The first kappa shape index (κ1) is 26.8. The number of nitrogens with zero attached hydrogens (tertiary/aromatic N) is 1. The third-order valence-electron chi connectivity index (χ3n) is 8.11. The number of aliphatic hydroxyl groups is 1. The topological polar surface area (TPSA) is 108 Å². The van der Waals surface area contributed by atoms with Gasteiger partial charge in [-0.05, 0) is 24.0 Å². The van der Waals surface area contributed by atoms with Crippen LogP contribution in [-0.2, 0) is 25.7 Å². The van der Waals surface area contributed by atoms with Crippen molar-refractivity contribution in [3.8, 4) is 0 Å². The number of aliphatic hydroxyl groups excluding tert-OH is 1. The number of nitrogens with one attached hydrogen (secondary N) is 2. The lowest BCUT2D eigenvalue weighted by Crippen LogP contribution is -2.56. The molecule has 8 nitrogen and oxygen atoms in total. The van der Waals surface area contributed by atoms with Gasteiger partial charge in [0.25, 0.3) is 0 Å². The summed E-state index contributed by atoms with van der Waals surface area (Å²) in [5.41, 5.74) is 0.511. The number of ether oxygens (including phenoxy) is 1. The molecule has 9 heteroatoms. The van der Waals surface area contributed by atoms with E-state index in [1.807, 2.05) is 67.6 Å². The summed E-state index contributed by atoms with van der Waals surface area (Å²) < 4.78 is 6.54. The molecule has 0 aliphatic carbocycles. The predicted molar refractivity (Wildman–Crippen MR) is 145 cm³/mol. The largest absolute Gasteiger partial charge is 0.394 e. The Morgan fingerprint density at radius 2 is 1.79 bits per heavy atom. The quantitative estimate of drug-likeness (QED) is 0.294. The number of benzene rings is 2. The molecule has 2 bridgehead atoms. The van der Waals surface area contributed by atoms with Crippen LogP contribution >= 0.6 is 15.9 Å². The van der Waals surface area contributed by atoms with Crippen molar-refractivity contribution in [2.75, 3.05) is 13.2 Å². The molecule has 2 aromatic carbocycles. The van der Waals surface area contributed by atoms with E-state index in [1.54, 1.807) is 0 Å². The summed E-state index contributed by atoms with van der Waals surface area (Å²) >= 11 is 3.69. The normalized spacial score (nSPS) is 30.2. The van der Waals surface area contributed by atoms with Crippen LogP contribution in [0.4, 0.5) is 0 Å². The van der Waals surface area contributed by atoms with E-state index < -0.39 is 35.6 Å². The summed E-state index contributed by atoms with van der Waals surface area (Å²) in [5.74, 6) is -2.48. The van der Waals surface area contributed by atoms with Gasteiger partial charge in [0.05, 0.1) is 30.6 Å². The highest BCUT2D eigenvalue weighted by Gasteiger charge is 2.77. The fraction of sp³-hybridized carbons (Fsp3) is 0.483. The zero-order valence-electron chi connectivity index (χ0n) is 21.4. The zero-order valence-corrected chi connectivity index (χ0v) is 23.0. The van der Waals surface area contributed by atoms with Crippen LogP contribution < -0.4 is 10.6 Å². The SMILES string of the molecule is CCCCNC(=O)C1N([C@H](CO)c2ccccc2)C(=O)[C@@H]2[C@@H](C(=O)NCc3ccccc3)[C@@H]3OC12CC3Br. The fourth-order valence-corrected chi connectivity index (χ4v) is 7.36. The highest BCUT2D eigenvalue weighted by Crippen LogP contribution is 2.61. The molecule has 0 saturated carbocycles. The number of unbranched alkanes of at least 4 members (excludes halogenated alkanes) is 1. The first-order valence-corrected chi connectivity index (χ1v) is 14.2. The number of carbonyl (C=O) groups excluding carboxylic acids is 3. The number of fused-ring (bicyclic) bond motifs is 1. The van der Waals surface area contributed by atoms with E-state index in [1.165, 1.54) is 4.90 Å². The molecule has 3 aliphatic rings. The molecule has 3 heterocycles. The van der Waals surface area contributed by atoms with E-state index in [4.69, 9.17) is 4.74 Å². The van der Waals surface area contributed by atoms with Crippen molar-refractivity contribution >= 4 is 33.7 Å². The molecule has 1 spiro atoms. The average Bonchev–Trinajstić information content (AvgIpc) is 3.53. The molecular weight excluding hydrogens is 550 g/mol. The first-order valence-electron chi connectivity index (χ1n) is 13.3. The molecule has 3 fully saturated rings. The van der Waals surface area contributed by atoms with Crippen LogP contribution in [0.1, 0.15) is 43.4 Å². The molecule has 3 N–H and O–H groups in total. The second-order valence-corrected chi connectivity index (χ2v) is 11.5. The van der Waals surface area contributed by atoms with Gasteiger partial charge in [0.2, 0.25) is 17.7 Å². The Morgan fingerprint density at radius 1 is 1.11 bits per heavy atom. The van der Waals surface area contributed by atoms with Crippen molar-refractivity contribution in [3.05, 3.63) is 71.8 Å². The van der Waals surface area contributed by atoms with E-state index in [9.17, 15) is 19.5 Å². The minimum atomic E-state index is -1.16. The molecule has 0 aromatic heterocycles. The first-order chi connectivity index (χ1) is 18.4. The van der Waals surface area contributed by atoms with Crippen molar-refractivity contribution in [2.24, 2.45) is 11.8 Å². The summed E-state index contributed by atoms with van der Waals surface area (Å²) in [6.07, 6.45) is 1.61. The van der Waals surface area contributed by atoms with Crippen LogP contribution in [-0.4, -0.2) is 63.5 Å². The fourth-order valence-electron chi connectivity index (χ4n) is 6.42. The molecule has 202 valence electrons. The van der Waals surface area contributed by atoms with Crippen LogP contribution in [0.25, 0.3) is 0 Å². The summed E-state index contributed by atoms with van der Waals surface area (Å²) in [4.78, 5) is 42.9. The summed E-state index contributed by atoms with van der Waals surface area (Å²) in [6.45, 7) is 2.49. The number of hydrogen-bond donors (Lipinski definition) is 3. The lowest BCUT2D eigenvalue weighted by Gasteiger charge is -2.37. The van der Waals surface area contributed by atoms with E-state index in [0.29, 0.717) is 19.5 Å². The van der Waals surface area contributed by atoms with Crippen LogP contribution in [0.2, 0.25) is 0 Å². The van der Waals surface area contributed by atoms with Gasteiger partial charge in [-0.25, -0.2) is 0 Å².